The maximum atomic E-state index is 4.47. The summed E-state index contributed by atoms with van der Waals surface area (Å²) in [6, 6.07) is 76.7. The zero-order valence-electron chi connectivity index (χ0n) is 31.7. The van der Waals surface area contributed by atoms with E-state index < -0.39 is 0 Å². The highest BCUT2D eigenvalue weighted by Crippen LogP contribution is 2.40. The Morgan fingerprint density at radius 2 is 0.862 bits per heavy atom. The van der Waals surface area contributed by atoms with Crippen LogP contribution in [0.5, 0.6) is 0 Å². The molecule has 2 heterocycles. The predicted octanol–water partition coefficient (Wildman–Crippen LogP) is 15.0. The van der Waals surface area contributed by atoms with Crippen molar-refractivity contribution in [2.45, 2.75) is 0 Å². The monoisotopic (exact) mass is 739 g/mol. The summed E-state index contributed by atoms with van der Waals surface area (Å²) in [6.45, 7) is 0. The molecule has 272 valence electrons. The molecule has 0 aliphatic rings. The van der Waals surface area contributed by atoms with E-state index in [0.717, 1.165) is 28.3 Å². The molecule has 0 aliphatic carbocycles. The van der Waals surface area contributed by atoms with Gasteiger partial charge in [0.15, 0.2) is 0 Å². The molecule has 3 heteroatoms. The standard InChI is InChI=1S/C55H37N3/c1-2-9-38(10-3-1)40-23-27-46(28-24-40)57(49-31-32-51-45(36-49)22-21-43-11-4-5-14-50(43)51)47-29-25-41(26-30-47)39-17-19-42(20-18-39)44-12-8-13-48(35-44)58-54-16-7-6-15-52(54)53-33-34-56-37-55(53)58/h1-37H. The molecule has 0 amide bonds. The minimum atomic E-state index is 1.10. The minimum absolute atomic E-state index is 1.10. The molecule has 0 spiro atoms. The van der Waals surface area contributed by atoms with Crippen molar-refractivity contribution < 1.29 is 0 Å². The fourth-order valence-electron chi connectivity index (χ4n) is 8.60. The molecule has 0 radical (unpaired) electrons. The van der Waals surface area contributed by atoms with Crippen molar-refractivity contribution in [1.82, 2.24) is 9.55 Å². The third-order valence-electron chi connectivity index (χ3n) is 11.5. The van der Waals surface area contributed by atoms with Gasteiger partial charge in [0.25, 0.3) is 0 Å². The van der Waals surface area contributed by atoms with Gasteiger partial charge >= 0.3 is 0 Å². The lowest BCUT2D eigenvalue weighted by Gasteiger charge is -2.26. The SMILES string of the molecule is c1ccc(-c2ccc(N(c3ccc(-c4ccc(-c5cccc(-n6c7ccccc7c7ccncc76)c5)cc4)cc3)c3ccc4c(ccc5ccccc54)c3)cc2)cc1. The summed E-state index contributed by atoms with van der Waals surface area (Å²) in [4.78, 5) is 6.83. The van der Waals surface area contributed by atoms with Crippen LogP contribution in [-0.2, 0) is 0 Å². The summed E-state index contributed by atoms with van der Waals surface area (Å²) in [7, 11) is 0. The summed E-state index contributed by atoms with van der Waals surface area (Å²) in [6.07, 6.45) is 3.84. The maximum absolute atomic E-state index is 4.47. The Balaban J connectivity index is 0.925. The lowest BCUT2D eigenvalue weighted by Crippen LogP contribution is -2.09. The molecule has 9 aromatic carbocycles. The Kier molecular flexibility index (Phi) is 8.15. The van der Waals surface area contributed by atoms with E-state index in [0.29, 0.717) is 0 Å². The van der Waals surface area contributed by atoms with Crippen LogP contribution in [-0.4, -0.2) is 9.55 Å². The Morgan fingerprint density at radius 1 is 0.328 bits per heavy atom. The van der Waals surface area contributed by atoms with E-state index in [1.165, 1.54) is 71.2 Å². The molecule has 3 nitrogen and oxygen atoms in total. The van der Waals surface area contributed by atoms with E-state index in [1.54, 1.807) is 0 Å². The molecule has 0 fully saturated rings. The Hall–Kier alpha value is -7.75. The molecule has 0 atom stereocenters. The molecule has 0 bridgehead atoms. The molecule has 0 saturated heterocycles. The van der Waals surface area contributed by atoms with Crippen LogP contribution in [0, 0.1) is 0 Å². The van der Waals surface area contributed by atoms with Crippen molar-refractivity contribution in [1.29, 1.82) is 0 Å². The Bertz CT molecular complexity index is 3200. The van der Waals surface area contributed by atoms with E-state index in [1.807, 2.05) is 12.4 Å². The second-order valence-electron chi connectivity index (χ2n) is 14.9. The van der Waals surface area contributed by atoms with Crippen LogP contribution in [0.2, 0.25) is 0 Å². The van der Waals surface area contributed by atoms with Gasteiger partial charge in [0.05, 0.1) is 17.2 Å². The fourth-order valence-corrected chi connectivity index (χ4v) is 8.60. The maximum Gasteiger partial charge on any atom is 0.0724 e. The third kappa shape index (κ3) is 5.89. The number of anilines is 3. The van der Waals surface area contributed by atoms with Gasteiger partial charge in [0.2, 0.25) is 0 Å². The van der Waals surface area contributed by atoms with Gasteiger partial charge in [-0.25, -0.2) is 0 Å². The second kappa shape index (κ2) is 14.1. The fraction of sp³-hybridized carbons (Fsp3) is 0. The van der Waals surface area contributed by atoms with Crippen LogP contribution in [0.25, 0.3) is 82.4 Å². The molecule has 58 heavy (non-hydrogen) atoms. The van der Waals surface area contributed by atoms with Crippen LogP contribution >= 0.6 is 0 Å². The topological polar surface area (TPSA) is 21.1 Å². The molecule has 0 N–H and O–H groups in total. The van der Waals surface area contributed by atoms with Gasteiger partial charge in [-0.05, 0) is 116 Å². The smallest absolute Gasteiger partial charge is 0.0724 e. The van der Waals surface area contributed by atoms with Crippen LogP contribution in [0.1, 0.15) is 0 Å². The van der Waals surface area contributed by atoms with Gasteiger partial charge in [0.1, 0.15) is 0 Å². The molecule has 0 aliphatic heterocycles. The number of fused-ring (bicyclic) bond motifs is 6. The number of benzene rings is 9. The van der Waals surface area contributed by atoms with Gasteiger partial charge < -0.3 is 9.47 Å². The molecule has 0 saturated carbocycles. The average molecular weight is 740 g/mol. The molecule has 0 unspecified atom stereocenters. The predicted molar refractivity (Wildman–Crippen MR) is 245 cm³/mol. The average Bonchev–Trinajstić information content (AvgIpc) is 3.64. The van der Waals surface area contributed by atoms with Crippen LogP contribution in [0.4, 0.5) is 17.1 Å². The first kappa shape index (κ1) is 33.6. The zero-order valence-corrected chi connectivity index (χ0v) is 31.7. The summed E-state index contributed by atoms with van der Waals surface area (Å²) in [5, 5.41) is 7.45. The van der Waals surface area contributed by atoms with E-state index in [2.05, 4.69) is 227 Å². The summed E-state index contributed by atoms with van der Waals surface area (Å²) >= 11 is 0. The van der Waals surface area contributed by atoms with E-state index >= 15 is 0 Å². The second-order valence-corrected chi connectivity index (χ2v) is 14.9. The minimum Gasteiger partial charge on any atom is -0.310 e. The number of pyridine rings is 1. The number of rotatable bonds is 7. The zero-order chi connectivity index (χ0) is 38.4. The largest absolute Gasteiger partial charge is 0.310 e. The van der Waals surface area contributed by atoms with Gasteiger partial charge in [-0.3, -0.25) is 4.98 Å². The molecule has 11 rings (SSSR count). The van der Waals surface area contributed by atoms with Gasteiger partial charge in [-0.1, -0.05) is 152 Å². The van der Waals surface area contributed by atoms with Gasteiger partial charge in [0, 0.05) is 39.7 Å². The van der Waals surface area contributed by atoms with E-state index in [4.69, 9.17) is 0 Å². The molecular formula is C55H37N3. The molecule has 2 aromatic heterocycles. The Morgan fingerprint density at radius 3 is 1.60 bits per heavy atom. The highest BCUT2D eigenvalue weighted by atomic mass is 15.1. The van der Waals surface area contributed by atoms with Crippen molar-refractivity contribution in [2.24, 2.45) is 0 Å². The van der Waals surface area contributed by atoms with E-state index in [-0.39, 0.29) is 0 Å². The first-order chi connectivity index (χ1) is 28.7. The normalized spacial score (nSPS) is 11.4. The number of aromatic nitrogens is 2. The molecular weight excluding hydrogens is 703 g/mol. The molecule has 11 aromatic rings. The summed E-state index contributed by atoms with van der Waals surface area (Å²) in [5.74, 6) is 0. The first-order valence-corrected chi connectivity index (χ1v) is 19.8. The van der Waals surface area contributed by atoms with Crippen molar-refractivity contribution in [3.8, 4) is 39.1 Å². The van der Waals surface area contributed by atoms with Crippen molar-refractivity contribution in [3.05, 3.63) is 225 Å². The lowest BCUT2D eigenvalue weighted by molar-refractivity contribution is 1.17. The number of hydrogen-bond donors (Lipinski definition) is 0. The van der Waals surface area contributed by atoms with E-state index in [9.17, 15) is 0 Å². The van der Waals surface area contributed by atoms with Gasteiger partial charge in [-0.15, -0.1) is 0 Å². The lowest BCUT2D eigenvalue weighted by atomic mass is 9.99. The summed E-state index contributed by atoms with van der Waals surface area (Å²) in [5.41, 5.74) is 13.8. The summed E-state index contributed by atoms with van der Waals surface area (Å²) < 4.78 is 2.32. The first-order valence-electron chi connectivity index (χ1n) is 19.8. The number of para-hydroxylation sites is 1. The van der Waals surface area contributed by atoms with Crippen molar-refractivity contribution in [3.63, 3.8) is 0 Å². The van der Waals surface area contributed by atoms with Crippen LogP contribution < -0.4 is 4.90 Å². The van der Waals surface area contributed by atoms with Gasteiger partial charge in [-0.2, -0.15) is 0 Å². The van der Waals surface area contributed by atoms with Crippen molar-refractivity contribution >= 4 is 60.4 Å². The van der Waals surface area contributed by atoms with Crippen molar-refractivity contribution in [2.75, 3.05) is 4.90 Å². The highest BCUT2D eigenvalue weighted by Gasteiger charge is 2.16. The third-order valence-corrected chi connectivity index (χ3v) is 11.5. The highest BCUT2D eigenvalue weighted by molar-refractivity contribution is 6.10. The Labute approximate surface area is 337 Å². The van der Waals surface area contributed by atoms with Crippen LogP contribution in [0.3, 0.4) is 0 Å². The van der Waals surface area contributed by atoms with Crippen LogP contribution in [0.15, 0.2) is 225 Å². The number of nitrogens with zero attached hydrogens (tertiary/aromatic N) is 3. The quantitative estimate of drug-likeness (QED) is 0.152. The number of hydrogen-bond acceptors (Lipinski definition) is 2.